The fraction of sp³-hybridized carbons (Fsp3) is 0.588. The molecule has 6 aliphatic rings. The van der Waals surface area contributed by atoms with Crippen LogP contribution in [0.1, 0.15) is 56.7 Å². The van der Waals surface area contributed by atoms with E-state index in [1.165, 1.54) is 18.3 Å². The highest BCUT2D eigenvalue weighted by Gasteiger charge is 2.47. The van der Waals surface area contributed by atoms with Crippen molar-refractivity contribution < 1.29 is 22.6 Å². The van der Waals surface area contributed by atoms with Crippen molar-refractivity contribution in [2.45, 2.75) is 69.0 Å². The minimum atomic E-state index is -2.97. The van der Waals surface area contributed by atoms with Crippen molar-refractivity contribution in [2.24, 2.45) is 17.1 Å². The van der Waals surface area contributed by atoms with Gasteiger partial charge in [-0.15, -0.1) is 0 Å². The standard InChI is InChI=1S/C34H39F3N8O2S/c1-2-18-13-45(10-9-40-18)32-23-12-41-27(21-5-6-24(35)29-25(21)22(11-38)31(39)48-29)26(30(36)37)28(23)42-33(43-32)46-17-34(7-8-34)16-44-14-19-3-4-20(15-44)47-19/h5-6,12,18-20,25,29-30,40H,2-4,7-10,13-17,39H2,1H3. The van der Waals surface area contributed by atoms with Crippen LogP contribution in [0.25, 0.3) is 16.5 Å². The summed E-state index contributed by atoms with van der Waals surface area (Å²) in [6.45, 7) is 7.22. The Bertz CT molecular complexity index is 1750. The molecule has 2 bridgehead atoms. The second-order valence-corrected chi connectivity index (χ2v) is 15.1. The molecule has 6 heterocycles. The average molecular weight is 681 g/mol. The van der Waals surface area contributed by atoms with E-state index >= 15 is 8.78 Å². The summed E-state index contributed by atoms with van der Waals surface area (Å²) in [7, 11) is 0. The van der Waals surface area contributed by atoms with Gasteiger partial charge in [-0.3, -0.25) is 9.88 Å². The van der Waals surface area contributed by atoms with Crippen LogP contribution in [0, 0.1) is 22.7 Å². The first-order valence-corrected chi connectivity index (χ1v) is 17.8. The summed E-state index contributed by atoms with van der Waals surface area (Å²) in [5, 5.41) is 13.2. The van der Waals surface area contributed by atoms with Gasteiger partial charge in [0.25, 0.3) is 6.43 Å². The molecule has 254 valence electrons. The predicted molar refractivity (Wildman–Crippen MR) is 177 cm³/mol. The van der Waals surface area contributed by atoms with Gasteiger partial charge in [0.15, 0.2) is 0 Å². The molecule has 2 aliphatic carbocycles. The maximum absolute atomic E-state index is 15.3. The van der Waals surface area contributed by atoms with Gasteiger partial charge in [-0.05, 0) is 43.8 Å². The van der Waals surface area contributed by atoms with Crippen molar-refractivity contribution in [3.63, 3.8) is 0 Å². The van der Waals surface area contributed by atoms with E-state index in [0.29, 0.717) is 55.2 Å². The number of ether oxygens (including phenoxy) is 2. The first-order chi connectivity index (χ1) is 23.3. The van der Waals surface area contributed by atoms with Crippen molar-refractivity contribution in [3.8, 4) is 12.1 Å². The van der Waals surface area contributed by atoms with Crippen LogP contribution in [-0.2, 0) is 4.74 Å². The molecule has 3 saturated heterocycles. The lowest BCUT2D eigenvalue weighted by molar-refractivity contribution is -0.0460. The smallest absolute Gasteiger partial charge is 0.318 e. The number of rotatable bonds is 9. The normalized spacial score (nSPS) is 29.6. The Morgan fingerprint density at radius 3 is 2.71 bits per heavy atom. The lowest BCUT2D eigenvalue weighted by Crippen LogP contribution is -2.50. The third-order valence-electron chi connectivity index (χ3n) is 10.7. The van der Waals surface area contributed by atoms with E-state index in [1.54, 1.807) is 0 Å². The number of nitrogens with two attached hydrogens (primary N) is 1. The summed E-state index contributed by atoms with van der Waals surface area (Å²) in [6.07, 6.45) is 6.99. The first-order valence-electron chi connectivity index (χ1n) is 16.9. The summed E-state index contributed by atoms with van der Waals surface area (Å²) >= 11 is 1.03. The van der Waals surface area contributed by atoms with Gasteiger partial charge in [0.1, 0.15) is 11.6 Å². The molecule has 1 saturated carbocycles. The highest BCUT2D eigenvalue weighted by atomic mass is 32.2. The topological polar surface area (TPSA) is 125 Å². The van der Waals surface area contributed by atoms with Crippen molar-refractivity contribution >= 4 is 34.1 Å². The van der Waals surface area contributed by atoms with Crippen LogP contribution in [0.5, 0.6) is 6.01 Å². The van der Waals surface area contributed by atoms with E-state index < -0.39 is 23.4 Å². The zero-order valence-electron chi connectivity index (χ0n) is 26.8. The number of nitrogens with one attached hydrogen (secondary N) is 1. The Morgan fingerprint density at radius 2 is 2.00 bits per heavy atom. The average Bonchev–Trinajstić information content (AvgIpc) is 3.64. The molecule has 5 unspecified atom stereocenters. The lowest BCUT2D eigenvalue weighted by atomic mass is 9.82. The Kier molecular flexibility index (Phi) is 8.30. The van der Waals surface area contributed by atoms with E-state index in [0.717, 1.165) is 63.5 Å². The molecule has 0 radical (unpaired) electrons. The number of morpholine rings is 1. The number of aromatic nitrogens is 3. The molecule has 4 fully saturated rings. The number of likely N-dealkylation sites (tertiary alicyclic amines) is 1. The van der Waals surface area contributed by atoms with Crippen LogP contribution in [0.2, 0.25) is 0 Å². The molecule has 0 aromatic carbocycles. The summed E-state index contributed by atoms with van der Waals surface area (Å²) in [4.78, 5) is 18.7. The number of fused-ring (bicyclic) bond motifs is 4. The molecule has 5 atom stereocenters. The van der Waals surface area contributed by atoms with E-state index in [2.05, 4.69) is 38.1 Å². The van der Waals surface area contributed by atoms with Crippen LogP contribution in [0.3, 0.4) is 0 Å². The molecular formula is C34H39F3N8O2S. The quantitative estimate of drug-likeness (QED) is 0.378. The SMILES string of the molecule is CCC1CN(c2nc(OCC3(CN4CC5CCC(C4)O5)CC3)nc3c(C(F)F)c(C4=CC=C(F)C5SC(N)=C(C#N)C45)ncc23)CCN1. The molecule has 2 aromatic rings. The molecule has 0 amide bonds. The third kappa shape index (κ3) is 5.72. The number of anilines is 1. The van der Waals surface area contributed by atoms with Gasteiger partial charge in [-0.1, -0.05) is 24.8 Å². The van der Waals surface area contributed by atoms with E-state index in [9.17, 15) is 9.65 Å². The van der Waals surface area contributed by atoms with Crippen LogP contribution in [0.4, 0.5) is 19.0 Å². The molecule has 0 spiro atoms. The fourth-order valence-corrected chi connectivity index (χ4v) is 9.16. The van der Waals surface area contributed by atoms with Crippen LogP contribution < -0.4 is 20.7 Å². The minimum absolute atomic E-state index is 0.0257. The number of alkyl halides is 2. The van der Waals surface area contributed by atoms with Crippen molar-refractivity contribution in [1.29, 1.82) is 5.26 Å². The predicted octanol–water partition coefficient (Wildman–Crippen LogP) is 4.85. The maximum Gasteiger partial charge on any atom is 0.318 e. The molecular weight excluding hydrogens is 641 g/mol. The Hall–Kier alpha value is -3.38. The third-order valence-corrected chi connectivity index (χ3v) is 11.9. The van der Waals surface area contributed by atoms with Gasteiger partial charge in [-0.2, -0.15) is 15.2 Å². The van der Waals surface area contributed by atoms with Gasteiger partial charge < -0.3 is 25.4 Å². The number of hydrogen-bond donors (Lipinski definition) is 2. The van der Waals surface area contributed by atoms with Crippen molar-refractivity contribution in [1.82, 2.24) is 25.2 Å². The molecule has 10 nitrogen and oxygen atoms in total. The highest BCUT2D eigenvalue weighted by molar-refractivity contribution is 8.04. The van der Waals surface area contributed by atoms with Crippen molar-refractivity contribution in [2.75, 3.05) is 50.8 Å². The van der Waals surface area contributed by atoms with Crippen LogP contribution >= 0.6 is 11.8 Å². The number of nitriles is 1. The molecule has 2 aromatic heterocycles. The van der Waals surface area contributed by atoms with Gasteiger partial charge in [0, 0.05) is 62.8 Å². The highest BCUT2D eigenvalue weighted by Crippen LogP contribution is 2.52. The minimum Gasteiger partial charge on any atom is -0.463 e. The number of hydrogen-bond acceptors (Lipinski definition) is 11. The summed E-state index contributed by atoms with van der Waals surface area (Å²) in [5.74, 6) is -0.803. The van der Waals surface area contributed by atoms with Gasteiger partial charge >= 0.3 is 6.01 Å². The Morgan fingerprint density at radius 1 is 1.21 bits per heavy atom. The first kappa shape index (κ1) is 31.9. The number of allylic oxidation sites excluding steroid dienone is 4. The Labute approximate surface area is 281 Å². The summed E-state index contributed by atoms with van der Waals surface area (Å²) in [5.41, 5.74) is 6.17. The maximum atomic E-state index is 15.3. The molecule has 8 rings (SSSR count). The van der Waals surface area contributed by atoms with Gasteiger partial charge in [0.05, 0.1) is 62.9 Å². The monoisotopic (exact) mass is 680 g/mol. The number of halogens is 3. The number of pyridine rings is 1. The van der Waals surface area contributed by atoms with E-state index in [-0.39, 0.29) is 44.8 Å². The molecule has 4 aliphatic heterocycles. The van der Waals surface area contributed by atoms with Crippen LogP contribution in [0.15, 0.2) is 34.8 Å². The summed E-state index contributed by atoms with van der Waals surface area (Å²) in [6, 6.07) is 2.34. The van der Waals surface area contributed by atoms with Crippen LogP contribution in [-0.4, -0.2) is 89.2 Å². The van der Waals surface area contributed by atoms with E-state index in [1.807, 2.05) is 0 Å². The Balaban J connectivity index is 1.18. The van der Waals surface area contributed by atoms with E-state index in [4.69, 9.17) is 20.2 Å². The van der Waals surface area contributed by atoms with Gasteiger partial charge in [0.2, 0.25) is 0 Å². The molecule has 14 heteroatoms. The number of piperazine rings is 1. The second kappa shape index (κ2) is 12.5. The lowest BCUT2D eigenvalue weighted by Gasteiger charge is -2.35. The molecule has 48 heavy (non-hydrogen) atoms. The molecule has 3 N–H and O–H groups in total. The number of thioether (sulfide) groups is 1. The van der Waals surface area contributed by atoms with Crippen molar-refractivity contribution in [3.05, 3.63) is 46.0 Å². The second-order valence-electron chi connectivity index (χ2n) is 13.9. The fourth-order valence-electron chi connectivity index (χ4n) is 7.98. The zero-order chi connectivity index (χ0) is 33.2. The number of nitrogens with zero attached hydrogens (tertiary/aromatic N) is 6. The largest absolute Gasteiger partial charge is 0.463 e. The van der Waals surface area contributed by atoms with Gasteiger partial charge in [-0.25, -0.2) is 13.2 Å². The summed E-state index contributed by atoms with van der Waals surface area (Å²) < 4.78 is 58.0. The zero-order valence-corrected chi connectivity index (χ0v) is 27.6.